The van der Waals surface area contributed by atoms with Crippen molar-refractivity contribution in [2.75, 3.05) is 5.32 Å². The molecule has 0 spiro atoms. The van der Waals surface area contributed by atoms with Crippen molar-refractivity contribution in [3.8, 4) is 5.75 Å². The number of aliphatic carboxylic acids is 1. The number of para-hydroxylation sites is 1. The summed E-state index contributed by atoms with van der Waals surface area (Å²) < 4.78 is 0. The van der Waals surface area contributed by atoms with Gasteiger partial charge in [-0.1, -0.05) is 30.3 Å². The van der Waals surface area contributed by atoms with Crippen LogP contribution in [0.3, 0.4) is 0 Å². The predicted octanol–water partition coefficient (Wildman–Crippen LogP) is 2.37. The first-order chi connectivity index (χ1) is 10.5. The summed E-state index contributed by atoms with van der Waals surface area (Å²) in [5.41, 5.74) is 1.58. The van der Waals surface area contributed by atoms with Gasteiger partial charge in [-0.3, -0.25) is 0 Å². The summed E-state index contributed by atoms with van der Waals surface area (Å²) in [5, 5.41) is 24.5. The number of carbonyl (C=O) groups is 1. The second kappa shape index (κ2) is 7.42. The molecule has 0 saturated carbocycles. The molecule has 0 aliphatic carbocycles. The molecule has 22 heavy (non-hydrogen) atoms. The molecule has 0 heterocycles. The molecule has 6 heteroatoms. The van der Waals surface area contributed by atoms with Gasteiger partial charge in [0, 0.05) is 12.1 Å². The first-order valence-corrected chi connectivity index (χ1v) is 7.08. The van der Waals surface area contributed by atoms with E-state index in [9.17, 15) is 15.0 Å². The summed E-state index contributed by atoms with van der Waals surface area (Å²) in [6.07, 6.45) is 0.256. The maximum Gasteiger partial charge on any atom is 0.326 e. The predicted molar refractivity (Wildman–Crippen MR) is 89.0 cm³/mol. The zero-order chi connectivity index (χ0) is 15.9. The van der Waals surface area contributed by atoms with Crippen molar-refractivity contribution in [1.29, 1.82) is 0 Å². The number of rotatable bonds is 5. The number of hydrogen-bond acceptors (Lipinski definition) is 3. The third kappa shape index (κ3) is 4.75. The highest BCUT2D eigenvalue weighted by atomic mass is 32.1. The number of phenols is 1. The molecule has 0 fully saturated rings. The summed E-state index contributed by atoms with van der Waals surface area (Å²) in [7, 11) is 0. The lowest BCUT2D eigenvalue weighted by atomic mass is 10.1. The number of thiocarbonyl (C=S) groups is 1. The molecule has 0 amide bonds. The molecule has 1 atom stereocenters. The Morgan fingerprint density at radius 1 is 1.09 bits per heavy atom. The summed E-state index contributed by atoms with van der Waals surface area (Å²) >= 11 is 5.14. The molecular formula is C16H16N2O3S. The number of phenolic OH excluding ortho intramolecular Hbond substituents is 1. The summed E-state index contributed by atoms with van der Waals surface area (Å²) in [4.78, 5) is 11.4. The van der Waals surface area contributed by atoms with Gasteiger partial charge in [0.1, 0.15) is 11.8 Å². The minimum atomic E-state index is -0.995. The smallest absolute Gasteiger partial charge is 0.326 e. The van der Waals surface area contributed by atoms with Crippen LogP contribution >= 0.6 is 12.2 Å². The lowest BCUT2D eigenvalue weighted by Gasteiger charge is -2.17. The van der Waals surface area contributed by atoms with Gasteiger partial charge in [0.05, 0.1) is 0 Å². The standard InChI is InChI=1S/C16H16N2O3S/c19-13-8-6-11(7-9-13)10-14(15(20)21)18-16(22)17-12-4-2-1-3-5-12/h1-9,14,19H,10H2,(H,20,21)(H2,17,18,22). The van der Waals surface area contributed by atoms with E-state index >= 15 is 0 Å². The Morgan fingerprint density at radius 2 is 1.73 bits per heavy atom. The van der Waals surface area contributed by atoms with Crippen LogP contribution in [0.4, 0.5) is 5.69 Å². The van der Waals surface area contributed by atoms with Crippen LogP contribution in [-0.4, -0.2) is 27.3 Å². The molecular weight excluding hydrogens is 300 g/mol. The molecule has 2 aromatic rings. The van der Waals surface area contributed by atoms with Crippen molar-refractivity contribution in [2.45, 2.75) is 12.5 Å². The largest absolute Gasteiger partial charge is 0.508 e. The van der Waals surface area contributed by atoms with Crippen molar-refractivity contribution < 1.29 is 15.0 Å². The van der Waals surface area contributed by atoms with Crippen LogP contribution in [0.5, 0.6) is 5.75 Å². The first-order valence-electron chi connectivity index (χ1n) is 6.68. The maximum atomic E-state index is 11.4. The normalized spacial score (nSPS) is 11.5. The van der Waals surface area contributed by atoms with E-state index in [1.807, 2.05) is 30.3 Å². The van der Waals surface area contributed by atoms with E-state index in [0.717, 1.165) is 11.3 Å². The monoisotopic (exact) mass is 316 g/mol. The number of hydrogen-bond donors (Lipinski definition) is 4. The van der Waals surface area contributed by atoms with Gasteiger partial charge >= 0.3 is 5.97 Å². The van der Waals surface area contributed by atoms with Gasteiger partial charge in [-0.05, 0) is 42.0 Å². The van der Waals surface area contributed by atoms with E-state index in [4.69, 9.17) is 12.2 Å². The molecule has 1 unspecified atom stereocenters. The number of carboxylic acids is 1. The third-order valence-electron chi connectivity index (χ3n) is 3.01. The highest BCUT2D eigenvalue weighted by Gasteiger charge is 2.19. The average Bonchev–Trinajstić information content (AvgIpc) is 2.49. The topological polar surface area (TPSA) is 81.6 Å². The SMILES string of the molecule is O=C(O)C(Cc1ccc(O)cc1)NC(=S)Nc1ccccc1. The Labute approximate surface area is 133 Å². The van der Waals surface area contributed by atoms with Crippen molar-refractivity contribution >= 4 is 29.0 Å². The van der Waals surface area contributed by atoms with Crippen LogP contribution in [-0.2, 0) is 11.2 Å². The molecule has 0 saturated heterocycles. The molecule has 5 nitrogen and oxygen atoms in total. The van der Waals surface area contributed by atoms with Crippen LogP contribution in [0.15, 0.2) is 54.6 Å². The number of aromatic hydroxyl groups is 1. The fourth-order valence-corrected chi connectivity index (χ4v) is 2.17. The number of nitrogens with one attached hydrogen (secondary N) is 2. The Kier molecular flexibility index (Phi) is 5.32. The van der Waals surface area contributed by atoms with E-state index in [-0.39, 0.29) is 17.3 Å². The second-order valence-electron chi connectivity index (χ2n) is 4.73. The molecule has 0 aromatic heterocycles. The number of anilines is 1. The first kappa shape index (κ1) is 15.8. The van der Waals surface area contributed by atoms with Gasteiger partial charge in [0.15, 0.2) is 5.11 Å². The Bertz CT molecular complexity index is 644. The molecule has 0 bridgehead atoms. The van der Waals surface area contributed by atoms with E-state index < -0.39 is 12.0 Å². The fourth-order valence-electron chi connectivity index (χ4n) is 1.91. The maximum absolute atomic E-state index is 11.4. The Hall–Kier alpha value is -2.60. The van der Waals surface area contributed by atoms with Gasteiger partial charge in [0.2, 0.25) is 0 Å². The van der Waals surface area contributed by atoms with E-state index in [2.05, 4.69) is 10.6 Å². The lowest BCUT2D eigenvalue weighted by molar-refractivity contribution is -0.139. The highest BCUT2D eigenvalue weighted by Crippen LogP contribution is 2.12. The molecule has 0 radical (unpaired) electrons. The van der Waals surface area contributed by atoms with Crippen molar-refractivity contribution in [1.82, 2.24) is 5.32 Å². The number of carboxylic acid groups (broad SMARTS) is 1. The van der Waals surface area contributed by atoms with Gasteiger partial charge < -0.3 is 20.8 Å². The van der Waals surface area contributed by atoms with Crippen molar-refractivity contribution in [3.05, 3.63) is 60.2 Å². The average molecular weight is 316 g/mol. The van der Waals surface area contributed by atoms with Crippen LogP contribution in [0, 0.1) is 0 Å². The van der Waals surface area contributed by atoms with Gasteiger partial charge in [-0.25, -0.2) is 4.79 Å². The highest BCUT2D eigenvalue weighted by molar-refractivity contribution is 7.80. The molecule has 2 rings (SSSR count). The van der Waals surface area contributed by atoms with Crippen LogP contribution < -0.4 is 10.6 Å². The summed E-state index contributed by atoms with van der Waals surface area (Å²) in [5.74, 6) is -0.852. The zero-order valence-corrected chi connectivity index (χ0v) is 12.5. The Morgan fingerprint density at radius 3 is 2.32 bits per heavy atom. The van der Waals surface area contributed by atoms with Crippen molar-refractivity contribution in [2.24, 2.45) is 0 Å². The summed E-state index contributed by atoms with van der Waals surface area (Å²) in [6, 6.07) is 14.8. The summed E-state index contributed by atoms with van der Waals surface area (Å²) in [6.45, 7) is 0. The molecule has 0 aliphatic rings. The fraction of sp³-hybridized carbons (Fsp3) is 0.125. The van der Waals surface area contributed by atoms with Crippen LogP contribution in [0.2, 0.25) is 0 Å². The van der Waals surface area contributed by atoms with E-state index in [1.165, 1.54) is 12.1 Å². The molecule has 2 aromatic carbocycles. The minimum absolute atomic E-state index is 0.143. The van der Waals surface area contributed by atoms with E-state index in [0.29, 0.717) is 0 Å². The van der Waals surface area contributed by atoms with E-state index in [1.54, 1.807) is 12.1 Å². The van der Waals surface area contributed by atoms with Crippen LogP contribution in [0.1, 0.15) is 5.56 Å². The molecule has 4 N–H and O–H groups in total. The molecule has 114 valence electrons. The molecule has 0 aliphatic heterocycles. The zero-order valence-electron chi connectivity index (χ0n) is 11.7. The van der Waals surface area contributed by atoms with Gasteiger partial charge in [-0.15, -0.1) is 0 Å². The van der Waals surface area contributed by atoms with Crippen LogP contribution in [0.25, 0.3) is 0 Å². The third-order valence-corrected chi connectivity index (χ3v) is 3.23. The minimum Gasteiger partial charge on any atom is -0.508 e. The quantitative estimate of drug-likeness (QED) is 0.634. The number of benzene rings is 2. The second-order valence-corrected chi connectivity index (χ2v) is 5.13. The van der Waals surface area contributed by atoms with Gasteiger partial charge in [0.25, 0.3) is 0 Å². The lowest BCUT2D eigenvalue weighted by Crippen LogP contribution is -2.44. The van der Waals surface area contributed by atoms with Crippen molar-refractivity contribution in [3.63, 3.8) is 0 Å². The van der Waals surface area contributed by atoms with Gasteiger partial charge in [-0.2, -0.15) is 0 Å². The Balaban J connectivity index is 1.98.